The number of nitrogens with zero attached hydrogens (tertiary/aromatic N) is 1. The first-order valence-electron chi connectivity index (χ1n) is 7.38. The van der Waals surface area contributed by atoms with Crippen LogP contribution in [0.2, 0.25) is 0 Å². The van der Waals surface area contributed by atoms with E-state index < -0.39 is 0 Å². The van der Waals surface area contributed by atoms with Crippen molar-refractivity contribution in [3.8, 4) is 0 Å². The summed E-state index contributed by atoms with van der Waals surface area (Å²) in [5, 5.41) is 3.35. The van der Waals surface area contributed by atoms with Crippen molar-refractivity contribution >= 4 is 41.7 Å². The van der Waals surface area contributed by atoms with E-state index in [4.69, 9.17) is 5.73 Å². The van der Waals surface area contributed by atoms with Crippen molar-refractivity contribution in [2.24, 2.45) is 10.7 Å². The Kier molecular flexibility index (Phi) is 13.6. The molecule has 0 aromatic rings. The van der Waals surface area contributed by atoms with Gasteiger partial charge in [0.2, 0.25) is 0 Å². The quantitative estimate of drug-likeness (QED) is 0.283. The number of nitrogens with one attached hydrogen (secondary N) is 1. The molecular weight excluding hydrogens is 369 g/mol. The molecule has 0 radical (unpaired) electrons. The normalized spacial score (nSPS) is 17.0. The molecule has 3 N–H and O–H groups in total. The van der Waals surface area contributed by atoms with Crippen LogP contribution in [0.15, 0.2) is 4.99 Å². The summed E-state index contributed by atoms with van der Waals surface area (Å²) in [6.07, 6.45) is 13.8. The average molecular weight is 399 g/mol. The molecule has 1 aliphatic carbocycles. The van der Waals surface area contributed by atoms with Crippen molar-refractivity contribution in [1.29, 1.82) is 0 Å². The van der Waals surface area contributed by atoms with Crippen molar-refractivity contribution in [3.63, 3.8) is 0 Å². The van der Waals surface area contributed by atoms with E-state index in [1.165, 1.54) is 63.5 Å². The Labute approximate surface area is 140 Å². The summed E-state index contributed by atoms with van der Waals surface area (Å²) in [6.45, 7) is 0.880. The van der Waals surface area contributed by atoms with Crippen LogP contribution in [0, 0.1) is 0 Å². The third-order valence-corrected chi connectivity index (χ3v) is 4.19. The highest BCUT2D eigenvalue weighted by atomic mass is 127. The summed E-state index contributed by atoms with van der Waals surface area (Å²) < 4.78 is 0. The van der Waals surface area contributed by atoms with Gasteiger partial charge >= 0.3 is 0 Å². The average Bonchev–Trinajstić information content (AvgIpc) is 2.39. The molecule has 114 valence electrons. The molecule has 0 amide bonds. The predicted octanol–water partition coefficient (Wildman–Crippen LogP) is 3.76. The minimum atomic E-state index is 0. The van der Waals surface area contributed by atoms with Gasteiger partial charge < -0.3 is 11.1 Å². The number of hydrogen-bond donors (Lipinski definition) is 2. The zero-order valence-corrected chi connectivity index (χ0v) is 15.3. The van der Waals surface area contributed by atoms with Crippen molar-refractivity contribution in [2.45, 2.75) is 63.8 Å². The fraction of sp³-hybridized carbons (Fsp3) is 0.929. The smallest absolute Gasteiger partial charge is 0.188 e. The van der Waals surface area contributed by atoms with Crippen LogP contribution in [0.4, 0.5) is 0 Å². The lowest BCUT2D eigenvalue weighted by Crippen LogP contribution is -2.41. The lowest BCUT2D eigenvalue weighted by molar-refractivity contribution is 0.412. The predicted molar refractivity (Wildman–Crippen MR) is 98.8 cm³/mol. The van der Waals surface area contributed by atoms with Gasteiger partial charge in [-0.1, -0.05) is 32.1 Å². The molecule has 1 aliphatic rings. The second kappa shape index (κ2) is 13.3. The molecule has 1 rings (SSSR count). The molecule has 5 heteroatoms. The lowest BCUT2D eigenvalue weighted by Gasteiger charge is -2.23. The maximum atomic E-state index is 5.90. The number of hydrogen-bond acceptors (Lipinski definition) is 2. The Hall–Kier alpha value is 0.350. The Bertz CT molecular complexity index is 231. The van der Waals surface area contributed by atoms with E-state index in [0.29, 0.717) is 12.0 Å². The molecule has 0 aliphatic heterocycles. The summed E-state index contributed by atoms with van der Waals surface area (Å²) >= 11 is 1.93. The van der Waals surface area contributed by atoms with Gasteiger partial charge in [-0.05, 0) is 37.7 Å². The molecule has 0 heterocycles. The second-order valence-corrected chi connectivity index (χ2v) is 6.14. The summed E-state index contributed by atoms with van der Waals surface area (Å²) in [6, 6.07) is 0.573. The first-order valence-corrected chi connectivity index (χ1v) is 8.77. The zero-order chi connectivity index (χ0) is 13.1. The standard InChI is InChI=1S/C14H29N3S.HI/c1-18-12-8-3-2-7-11-16-14(15)17-13-9-5-4-6-10-13;/h13H,2-12H2,1H3,(H3,15,16,17);1H. The van der Waals surface area contributed by atoms with Crippen LogP contribution in [0.25, 0.3) is 0 Å². The molecule has 0 spiro atoms. The molecule has 1 saturated carbocycles. The molecule has 0 aromatic heterocycles. The molecule has 0 bridgehead atoms. The van der Waals surface area contributed by atoms with Crippen molar-refractivity contribution < 1.29 is 0 Å². The molecule has 3 nitrogen and oxygen atoms in total. The van der Waals surface area contributed by atoms with Crippen LogP contribution >= 0.6 is 35.7 Å². The van der Waals surface area contributed by atoms with Gasteiger partial charge in [-0.25, -0.2) is 0 Å². The second-order valence-electron chi connectivity index (χ2n) is 5.15. The highest BCUT2D eigenvalue weighted by Gasteiger charge is 2.12. The van der Waals surface area contributed by atoms with E-state index in [-0.39, 0.29) is 24.0 Å². The summed E-state index contributed by atoms with van der Waals surface area (Å²) in [5.74, 6) is 1.94. The summed E-state index contributed by atoms with van der Waals surface area (Å²) in [5.41, 5.74) is 5.90. The summed E-state index contributed by atoms with van der Waals surface area (Å²) in [4.78, 5) is 4.41. The van der Waals surface area contributed by atoms with E-state index >= 15 is 0 Å². The number of guanidine groups is 1. The molecule has 0 aromatic carbocycles. The summed E-state index contributed by atoms with van der Waals surface area (Å²) in [7, 11) is 0. The fourth-order valence-electron chi connectivity index (χ4n) is 2.41. The van der Waals surface area contributed by atoms with E-state index in [1.807, 2.05) is 11.8 Å². The van der Waals surface area contributed by atoms with E-state index in [2.05, 4.69) is 16.6 Å². The Morgan fingerprint density at radius 2 is 1.84 bits per heavy atom. The SMILES string of the molecule is CSCCCCCCN=C(N)NC1CCCCC1.I. The van der Waals surface area contributed by atoms with Gasteiger partial charge in [0.05, 0.1) is 0 Å². The van der Waals surface area contributed by atoms with Gasteiger partial charge in [-0.2, -0.15) is 11.8 Å². The maximum absolute atomic E-state index is 5.90. The van der Waals surface area contributed by atoms with Gasteiger partial charge in [0.25, 0.3) is 0 Å². The lowest BCUT2D eigenvalue weighted by atomic mass is 9.96. The highest BCUT2D eigenvalue weighted by molar-refractivity contribution is 14.0. The van der Waals surface area contributed by atoms with Gasteiger partial charge in [-0.3, -0.25) is 4.99 Å². The van der Waals surface area contributed by atoms with Gasteiger partial charge in [-0.15, -0.1) is 24.0 Å². The van der Waals surface area contributed by atoms with Crippen molar-refractivity contribution in [3.05, 3.63) is 0 Å². The third-order valence-electron chi connectivity index (χ3n) is 3.50. The van der Waals surface area contributed by atoms with Crippen LogP contribution in [-0.4, -0.2) is 30.6 Å². The van der Waals surface area contributed by atoms with E-state index in [0.717, 1.165) is 6.54 Å². The Morgan fingerprint density at radius 1 is 1.16 bits per heavy atom. The minimum Gasteiger partial charge on any atom is -0.370 e. The van der Waals surface area contributed by atoms with Crippen LogP contribution in [-0.2, 0) is 0 Å². The zero-order valence-electron chi connectivity index (χ0n) is 12.2. The topological polar surface area (TPSA) is 50.4 Å². The molecule has 1 fully saturated rings. The fourth-order valence-corrected chi connectivity index (χ4v) is 2.91. The largest absolute Gasteiger partial charge is 0.370 e. The van der Waals surface area contributed by atoms with E-state index in [9.17, 15) is 0 Å². The molecular formula is C14H30IN3S. The van der Waals surface area contributed by atoms with Crippen molar-refractivity contribution in [1.82, 2.24) is 5.32 Å². The van der Waals surface area contributed by atoms with Gasteiger partial charge in [0, 0.05) is 12.6 Å². The minimum absolute atomic E-state index is 0. The Morgan fingerprint density at radius 3 is 2.53 bits per heavy atom. The number of thioether (sulfide) groups is 1. The number of unbranched alkanes of at least 4 members (excludes halogenated alkanes) is 3. The van der Waals surface area contributed by atoms with Crippen molar-refractivity contribution in [2.75, 3.05) is 18.6 Å². The molecule has 0 unspecified atom stereocenters. The maximum Gasteiger partial charge on any atom is 0.188 e. The highest BCUT2D eigenvalue weighted by Crippen LogP contribution is 2.16. The number of halogens is 1. The number of aliphatic imine (C=N–C) groups is 1. The van der Waals surface area contributed by atoms with E-state index in [1.54, 1.807) is 0 Å². The Balaban J connectivity index is 0.00000324. The number of nitrogens with two attached hydrogens (primary N) is 1. The van der Waals surface area contributed by atoms with Gasteiger partial charge in [0.1, 0.15) is 0 Å². The number of rotatable bonds is 8. The third kappa shape index (κ3) is 10.8. The monoisotopic (exact) mass is 399 g/mol. The van der Waals surface area contributed by atoms with Crippen LogP contribution in [0.3, 0.4) is 0 Å². The first kappa shape index (κ1) is 19.4. The molecule has 0 saturated heterocycles. The van der Waals surface area contributed by atoms with Crippen LogP contribution in [0.1, 0.15) is 57.8 Å². The first-order chi connectivity index (χ1) is 8.83. The van der Waals surface area contributed by atoms with Crippen LogP contribution in [0.5, 0.6) is 0 Å². The molecule has 0 atom stereocenters. The van der Waals surface area contributed by atoms with Crippen LogP contribution < -0.4 is 11.1 Å². The molecule has 19 heavy (non-hydrogen) atoms. The van der Waals surface area contributed by atoms with Gasteiger partial charge in [0.15, 0.2) is 5.96 Å².